The fourth-order valence-electron chi connectivity index (χ4n) is 5.79. The highest BCUT2D eigenvalue weighted by Gasteiger charge is 2.35. The van der Waals surface area contributed by atoms with Gasteiger partial charge in [-0.25, -0.2) is 0 Å². The maximum atomic E-state index is 14.1. The van der Waals surface area contributed by atoms with Crippen LogP contribution < -0.4 is 14.8 Å². The van der Waals surface area contributed by atoms with Crippen LogP contribution in [0.3, 0.4) is 0 Å². The third-order valence-electron chi connectivity index (χ3n) is 7.97. The molecule has 5 aliphatic rings. The zero-order valence-electron chi connectivity index (χ0n) is 24.0. The largest absolute Gasteiger partial charge is 0.494 e. The molecule has 9 rings (SSSR count). The fraction of sp³-hybridized carbons (Fsp3) is 0.324. The van der Waals surface area contributed by atoms with Gasteiger partial charge in [-0.05, 0) is 91.3 Å². The number of hydrogen-bond acceptors (Lipinski definition) is 6. The monoisotopic (exact) mass is 565 g/mol. The number of amides is 2. The zero-order chi connectivity index (χ0) is 29.1. The van der Waals surface area contributed by atoms with Crippen LogP contribution in [-0.4, -0.2) is 41.6 Å². The first-order valence-corrected chi connectivity index (χ1v) is 14.7. The quantitative estimate of drug-likeness (QED) is 0.323. The number of carbonyl (C=O) groups is 2. The highest BCUT2D eigenvalue weighted by Crippen LogP contribution is 2.40. The van der Waals surface area contributed by atoms with Gasteiger partial charge in [-0.2, -0.15) is 0 Å². The van der Waals surface area contributed by atoms with Crippen molar-refractivity contribution in [3.63, 3.8) is 0 Å². The molecule has 0 saturated carbocycles. The average Bonchev–Trinajstić information content (AvgIpc) is 3.39. The van der Waals surface area contributed by atoms with Crippen LogP contribution in [0.1, 0.15) is 69.9 Å². The van der Waals surface area contributed by atoms with Gasteiger partial charge in [-0.1, -0.05) is 42.4 Å². The summed E-state index contributed by atoms with van der Waals surface area (Å²) in [7, 11) is 0. The summed E-state index contributed by atoms with van der Waals surface area (Å²) in [6, 6.07) is 21.6. The molecule has 1 N–H and O–H groups in total. The fourth-order valence-corrected chi connectivity index (χ4v) is 5.79. The topological polar surface area (TPSA) is 93.9 Å². The number of hydrogen-bond donors (Lipinski definition) is 1. The lowest BCUT2D eigenvalue weighted by Gasteiger charge is -2.38. The second-order valence-electron chi connectivity index (χ2n) is 10.8. The Morgan fingerprint density at radius 2 is 1.83 bits per heavy atom. The predicted molar refractivity (Wildman–Crippen MR) is 158 cm³/mol. The van der Waals surface area contributed by atoms with Gasteiger partial charge in [0.05, 0.1) is 18.3 Å². The molecule has 0 fully saturated rings. The minimum atomic E-state index is -0.328. The van der Waals surface area contributed by atoms with Gasteiger partial charge in [0.15, 0.2) is 0 Å². The van der Waals surface area contributed by atoms with Gasteiger partial charge in [0.25, 0.3) is 5.91 Å². The van der Waals surface area contributed by atoms with Crippen LogP contribution in [0, 0.1) is 6.92 Å². The van der Waals surface area contributed by atoms with E-state index in [0.29, 0.717) is 68.8 Å². The van der Waals surface area contributed by atoms with E-state index >= 15 is 0 Å². The van der Waals surface area contributed by atoms with Gasteiger partial charge in [-0.15, -0.1) is 0 Å². The van der Waals surface area contributed by atoms with Crippen molar-refractivity contribution in [3.8, 4) is 17.2 Å². The standard InChI is InChI=1S/C34H35N3O5/c1-3-30-32(22(2)42-36-30)34(39)37-18-16-24-20-28-13-14-29(24)33(37)25-6-4-7-27(21-25)40-19-5-17-35-31(38)15-10-23-8-11-26(41-28)12-9-23/h4,6-9,11-14,20-21,33H,3,5,10,15-19H2,1-2H3,(H,35,38). The summed E-state index contributed by atoms with van der Waals surface area (Å²) in [5, 5.41) is 7.12. The molecule has 216 valence electrons. The Labute approximate surface area is 245 Å². The van der Waals surface area contributed by atoms with E-state index in [1.54, 1.807) is 6.92 Å². The van der Waals surface area contributed by atoms with Crippen molar-refractivity contribution in [2.75, 3.05) is 19.7 Å². The molecule has 4 aromatic rings. The Hall–Kier alpha value is -4.59. The van der Waals surface area contributed by atoms with Gasteiger partial charge in [-0.3, -0.25) is 9.59 Å². The SMILES string of the molecule is CCc1noc(C)c1C(=O)N1CCc2cc3ccc2C1c1cccc(c1)OCCCNC(=O)CCc1ccc(cc1)O3. The number of rotatable bonds is 2. The maximum Gasteiger partial charge on any atom is 0.260 e. The van der Waals surface area contributed by atoms with Gasteiger partial charge < -0.3 is 24.2 Å². The predicted octanol–water partition coefficient (Wildman–Crippen LogP) is 5.96. The van der Waals surface area contributed by atoms with E-state index < -0.39 is 0 Å². The lowest BCUT2D eigenvalue weighted by molar-refractivity contribution is -0.121. The summed E-state index contributed by atoms with van der Waals surface area (Å²) < 4.78 is 17.7. The van der Waals surface area contributed by atoms with Crippen LogP contribution in [0.25, 0.3) is 0 Å². The van der Waals surface area contributed by atoms with Crippen molar-refractivity contribution in [3.05, 3.63) is 106 Å². The van der Waals surface area contributed by atoms with Crippen molar-refractivity contribution in [1.82, 2.24) is 15.4 Å². The van der Waals surface area contributed by atoms with E-state index in [1.165, 1.54) is 0 Å². The number of aryl methyl sites for hydroxylation is 3. The Morgan fingerprint density at radius 1 is 1.00 bits per heavy atom. The minimum absolute atomic E-state index is 0.0240. The third kappa shape index (κ3) is 5.75. The van der Waals surface area contributed by atoms with Crippen LogP contribution in [0.5, 0.6) is 17.2 Å². The van der Waals surface area contributed by atoms with E-state index in [2.05, 4.69) is 22.6 Å². The molecule has 2 amide bonds. The molecule has 3 aromatic carbocycles. The highest BCUT2D eigenvalue weighted by atomic mass is 16.5. The molecule has 0 radical (unpaired) electrons. The molecular weight excluding hydrogens is 530 g/mol. The first-order valence-electron chi connectivity index (χ1n) is 14.7. The molecule has 8 bridgehead atoms. The minimum Gasteiger partial charge on any atom is -0.494 e. The first kappa shape index (κ1) is 27.6. The number of ether oxygens (including phenoxy) is 2. The Bertz CT molecular complexity index is 1590. The Balaban J connectivity index is 1.39. The van der Waals surface area contributed by atoms with Crippen molar-refractivity contribution in [2.45, 2.75) is 52.0 Å². The van der Waals surface area contributed by atoms with Gasteiger partial charge in [0, 0.05) is 19.5 Å². The molecule has 0 aliphatic carbocycles. The second-order valence-corrected chi connectivity index (χ2v) is 10.8. The summed E-state index contributed by atoms with van der Waals surface area (Å²) in [6.45, 7) is 5.31. The van der Waals surface area contributed by atoms with Crippen molar-refractivity contribution < 1.29 is 23.6 Å². The van der Waals surface area contributed by atoms with E-state index in [0.717, 1.165) is 39.5 Å². The van der Waals surface area contributed by atoms with Crippen LogP contribution in [0.2, 0.25) is 0 Å². The smallest absolute Gasteiger partial charge is 0.260 e. The van der Waals surface area contributed by atoms with Crippen LogP contribution in [-0.2, 0) is 24.1 Å². The Kier molecular flexibility index (Phi) is 7.95. The van der Waals surface area contributed by atoms with E-state index in [1.807, 2.05) is 66.4 Å². The summed E-state index contributed by atoms with van der Waals surface area (Å²) in [5.41, 5.74) is 5.44. The van der Waals surface area contributed by atoms with Gasteiger partial charge >= 0.3 is 0 Å². The molecule has 8 heteroatoms. The summed E-state index contributed by atoms with van der Waals surface area (Å²) in [5.74, 6) is 2.67. The molecule has 0 spiro atoms. The highest BCUT2D eigenvalue weighted by molar-refractivity contribution is 5.97. The van der Waals surface area contributed by atoms with Gasteiger partial charge in [0.2, 0.25) is 5.91 Å². The van der Waals surface area contributed by atoms with Crippen molar-refractivity contribution in [1.29, 1.82) is 0 Å². The number of nitrogens with zero attached hydrogens (tertiary/aromatic N) is 2. The Morgan fingerprint density at radius 3 is 2.67 bits per heavy atom. The molecule has 6 heterocycles. The summed E-state index contributed by atoms with van der Waals surface area (Å²) in [6.07, 6.45) is 3.08. The lowest BCUT2D eigenvalue weighted by atomic mass is 9.87. The van der Waals surface area contributed by atoms with Gasteiger partial charge in [0.1, 0.15) is 28.6 Å². The van der Waals surface area contributed by atoms with Crippen molar-refractivity contribution in [2.24, 2.45) is 0 Å². The molecule has 8 nitrogen and oxygen atoms in total. The molecule has 0 saturated heterocycles. The maximum absolute atomic E-state index is 14.1. The first-order chi connectivity index (χ1) is 20.5. The van der Waals surface area contributed by atoms with Crippen LogP contribution >= 0.6 is 0 Å². The van der Waals surface area contributed by atoms with Crippen LogP contribution in [0.15, 0.2) is 71.3 Å². The molecule has 5 aliphatic heterocycles. The van der Waals surface area contributed by atoms with Crippen LogP contribution in [0.4, 0.5) is 0 Å². The molecular formula is C34H35N3O5. The van der Waals surface area contributed by atoms with E-state index in [-0.39, 0.29) is 17.9 Å². The number of nitrogens with one attached hydrogen (secondary N) is 1. The number of carbonyl (C=O) groups excluding carboxylic acids is 2. The van der Waals surface area contributed by atoms with Crippen molar-refractivity contribution >= 4 is 11.8 Å². The average molecular weight is 566 g/mol. The molecule has 1 unspecified atom stereocenters. The zero-order valence-corrected chi connectivity index (χ0v) is 24.0. The second kappa shape index (κ2) is 12.1. The third-order valence-corrected chi connectivity index (χ3v) is 7.97. The van der Waals surface area contributed by atoms with E-state index in [4.69, 9.17) is 14.0 Å². The number of benzene rings is 3. The molecule has 1 atom stereocenters. The normalized spacial score (nSPS) is 17.1. The summed E-state index contributed by atoms with van der Waals surface area (Å²) in [4.78, 5) is 28.4. The van der Waals surface area contributed by atoms with E-state index in [9.17, 15) is 9.59 Å². The number of aromatic nitrogens is 1. The molecule has 42 heavy (non-hydrogen) atoms. The lowest BCUT2D eigenvalue weighted by Crippen LogP contribution is -2.41. The summed E-state index contributed by atoms with van der Waals surface area (Å²) >= 11 is 0. The molecule has 1 aromatic heterocycles.